The zero-order valence-electron chi connectivity index (χ0n) is 20.9. The maximum atomic E-state index is 13.1. The topological polar surface area (TPSA) is 114 Å². The van der Waals surface area contributed by atoms with Crippen LogP contribution in [0.25, 0.3) is 22.9 Å². The summed E-state index contributed by atoms with van der Waals surface area (Å²) in [5, 5.41) is 9.00. The van der Waals surface area contributed by atoms with Gasteiger partial charge in [0.25, 0.3) is 0 Å². The predicted molar refractivity (Wildman–Crippen MR) is 136 cm³/mol. The first kappa shape index (κ1) is 24.9. The molecule has 1 aliphatic heterocycles. The minimum absolute atomic E-state index is 0.230. The Morgan fingerprint density at radius 1 is 1.00 bits per heavy atom. The molecule has 3 heterocycles. The van der Waals surface area contributed by atoms with E-state index in [1.54, 1.807) is 54.0 Å². The summed E-state index contributed by atoms with van der Waals surface area (Å²) in [5.41, 5.74) is 2.38. The highest BCUT2D eigenvalue weighted by molar-refractivity contribution is 7.89. The molecule has 2 aromatic heterocycles. The molecular formula is C25H28N6O5S. The van der Waals surface area contributed by atoms with E-state index in [0.717, 1.165) is 16.8 Å². The smallest absolute Gasteiger partial charge is 0.243 e. The lowest BCUT2D eigenvalue weighted by molar-refractivity contribution is 0.0730. The van der Waals surface area contributed by atoms with Gasteiger partial charge in [-0.2, -0.15) is 9.40 Å². The van der Waals surface area contributed by atoms with E-state index in [1.807, 2.05) is 31.3 Å². The highest BCUT2D eigenvalue weighted by Crippen LogP contribution is 2.29. The molecule has 0 saturated carbocycles. The van der Waals surface area contributed by atoms with Gasteiger partial charge in [-0.05, 0) is 42.5 Å². The van der Waals surface area contributed by atoms with Crippen molar-refractivity contribution < 1.29 is 22.6 Å². The third kappa shape index (κ3) is 4.95. The van der Waals surface area contributed by atoms with E-state index >= 15 is 0 Å². The summed E-state index contributed by atoms with van der Waals surface area (Å²) in [4.78, 5) is 5.03. The lowest BCUT2D eigenvalue weighted by Gasteiger charge is -2.26. The Kier molecular flexibility index (Phi) is 6.96. The van der Waals surface area contributed by atoms with Gasteiger partial charge in [0.05, 0.1) is 38.9 Å². The molecule has 2 aromatic carbocycles. The summed E-state index contributed by atoms with van der Waals surface area (Å²) in [7, 11) is 1.44. The van der Waals surface area contributed by atoms with Gasteiger partial charge in [-0.15, -0.1) is 5.10 Å². The quantitative estimate of drug-likeness (QED) is 0.345. The molecule has 12 heteroatoms. The first-order valence-electron chi connectivity index (χ1n) is 11.7. The van der Waals surface area contributed by atoms with Crippen molar-refractivity contribution in [3.63, 3.8) is 0 Å². The SMILES string of the molecule is COc1ccc(Cn2nc(-c3ccnn3C)nc2-c2ccc(S(=O)(=O)N3CCOCC3)cc2)c(OC)c1. The fourth-order valence-electron chi connectivity index (χ4n) is 4.22. The van der Waals surface area contributed by atoms with Gasteiger partial charge in [0.2, 0.25) is 10.0 Å². The zero-order valence-corrected chi connectivity index (χ0v) is 21.7. The number of nitrogens with zero attached hydrogens (tertiary/aromatic N) is 6. The van der Waals surface area contributed by atoms with Crippen LogP contribution in [0.4, 0.5) is 0 Å². The number of morpholine rings is 1. The number of ether oxygens (including phenoxy) is 3. The minimum Gasteiger partial charge on any atom is -0.497 e. The van der Waals surface area contributed by atoms with Crippen LogP contribution in [0.15, 0.2) is 59.6 Å². The fourth-order valence-corrected chi connectivity index (χ4v) is 5.63. The Morgan fingerprint density at radius 3 is 2.41 bits per heavy atom. The molecule has 4 aromatic rings. The largest absolute Gasteiger partial charge is 0.497 e. The van der Waals surface area contributed by atoms with E-state index < -0.39 is 10.0 Å². The van der Waals surface area contributed by atoms with Crippen LogP contribution in [0, 0.1) is 0 Å². The van der Waals surface area contributed by atoms with Crippen molar-refractivity contribution in [2.24, 2.45) is 7.05 Å². The molecular weight excluding hydrogens is 496 g/mol. The second kappa shape index (κ2) is 10.3. The Labute approximate surface area is 215 Å². The molecule has 1 aliphatic rings. The second-order valence-corrected chi connectivity index (χ2v) is 10.4. The molecule has 194 valence electrons. The molecule has 5 rings (SSSR count). The summed E-state index contributed by atoms with van der Waals surface area (Å²) >= 11 is 0. The normalized spacial score (nSPS) is 14.6. The fraction of sp³-hybridized carbons (Fsp3) is 0.320. The third-order valence-electron chi connectivity index (χ3n) is 6.26. The minimum atomic E-state index is -3.60. The monoisotopic (exact) mass is 524 g/mol. The van der Waals surface area contributed by atoms with Crippen LogP contribution in [0.3, 0.4) is 0 Å². The Hall–Kier alpha value is -3.74. The molecule has 0 radical (unpaired) electrons. The van der Waals surface area contributed by atoms with Crippen LogP contribution in [-0.4, -0.2) is 77.8 Å². The van der Waals surface area contributed by atoms with Gasteiger partial charge in [0.1, 0.15) is 17.2 Å². The number of aryl methyl sites for hydroxylation is 1. The second-order valence-electron chi connectivity index (χ2n) is 8.48. The first-order chi connectivity index (χ1) is 17.9. The molecule has 0 aliphatic carbocycles. The van der Waals surface area contributed by atoms with E-state index in [-0.39, 0.29) is 4.90 Å². The highest BCUT2D eigenvalue weighted by Gasteiger charge is 2.26. The molecule has 11 nitrogen and oxygen atoms in total. The van der Waals surface area contributed by atoms with Gasteiger partial charge < -0.3 is 14.2 Å². The summed E-state index contributed by atoms with van der Waals surface area (Å²) in [6.45, 7) is 1.85. The van der Waals surface area contributed by atoms with Crippen molar-refractivity contribution in [3.8, 4) is 34.4 Å². The van der Waals surface area contributed by atoms with Crippen LogP contribution >= 0.6 is 0 Å². The third-order valence-corrected chi connectivity index (χ3v) is 8.17. The van der Waals surface area contributed by atoms with Crippen molar-refractivity contribution >= 4 is 10.0 Å². The molecule has 0 atom stereocenters. The summed E-state index contributed by atoms with van der Waals surface area (Å²) < 4.78 is 47.3. The van der Waals surface area contributed by atoms with E-state index in [0.29, 0.717) is 56.0 Å². The number of aromatic nitrogens is 5. The average Bonchev–Trinajstić information content (AvgIpc) is 3.55. The van der Waals surface area contributed by atoms with E-state index in [4.69, 9.17) is 24.3 Å². The lowest BCUT2D eigenvalue weighted by atomic mass is 10.1. The van der Waals surface area contributed by atoms with E-state index in [9.17, 15) is 8.42 Å². The number of methoxy groups -OCH3 is 2. The van der Waals surface area contributed by atoms with Crippen molar-refractivity contribution in [2.45, 2.75) is 11.4 Å². The Balaban J connectivity index is 1.53. The number of rotatable bonds is 8. The summed E-state index contributed by atoms with van der Waals surface area (Å²) in [6, 6.07) is 14.2. The van der Waals surface area contributed by atoms with Crippen molar-refractivity contribution in [1.29, 1.82) is 0 Å². The average molecular weight is 525 g/mol. The van der Waals surface area contributed by atoms with Crippen LogP contribution in [-0.2, 0) is 28.4 Å². The van der Waals surface area contributed by atoms with E-state index in [1.165, 1.54) is 4.31 Å². The summed E-state index contributed by atoms with van der Waals surface area (Å²) in [6.07, 6.45) is 1.69. The molecule has 0 unspecified atom stereocenters. The maximum absolute atomic E-state index is 13.1. The standard InChI is InChI=1S/C25H28N6O5S/c1-29-22(10-11-26-29)24-27-25(31(28-24)17-19-4-7-20(34-2)16-23(19)35-3)18-5-8-21(9-6-18)37(32,33)30-12-14-36-15-13-30/h4-11,16H,12-15,17H2,1-3H3. The number of sulfonamides is 1. The van der Waals surface area contributed by atoms with Gasteiger partial charge in [0.15, 0.2) is 11.6 Å². The molecule has 0 bridgehead atoms. The van der Waals surface area contributed by atoms with Gasteiger partial charge in [-0.1, -0.05) is 0 Å². The predicted octanol–water partition coefficient (Wildman–Crippen LogP) is 2.43. The zero-order chi connectivity index (χ0) is 26.0. The van der Waals surface area contributed by atoms with Gasteiger partial charge in [-0.25, -0.2) is 18.1 Å². The first-order valence-corrected chi connectivity index (χ1v) is 13.2. The van der Waals surface area contributed by atoms with Crippen molar-refractivity contribution in [1.82, 2.24) is 28.9 Å². The Bertz CT molecular complexity index is 1490. The van der Waals surface area contributed by atoms with Gasteiger partial charge in [-0.3, -0.25) is 4.68 Å². The van der Waals surface area contributed by atoms with Gasteiger partial charge >= 0.3 is 0 Å². The van der Waals surface area contributed by atoms with Crippen LogP contribution in [0.1, 0.15) is 5.56 Å². The van der Waals surface area contributed by atoms with E-state index in [2.05, 4.69) is 5.10 Å². The molecule has 0 N–H and O–H groups in total. The van der Waals surface area contributed by atoms with Crippen molar-refractivity contribution in [2.75, 3.05) is 40.5 Å². The maximum Gasteiger partial charge on any atom is 0.243 e. The lowest BCUT2D eigenvalue weighted by Crippen LogP contribution is -2.40. The molecule has 0 amide bonds. The van der Waals surface area contributed by atoms with Crippen LogP contribution < -0.4 is 9.47 Å². The molecule has 37 heavy (non-hydrogen) atoms. The highest BCUT2D eigenvalue weighted by atomic mass is 32.2. The van der Waals surface area contributed by atoms with Crippen molar-refractivity contribution in [3.05, 3.63) is 60.3 Å². The number of hydrogen-bond donors (Lipinski definition) is 0. The molecule has 0 spiro atoms. The number of hydrogen-bond acceptors (Lipinski definition) is 8. The van der Waals surface area contributed by atoms with Gasteiger partial charge in [0, 0.05) is 43.5 Å². The van der Waals surface area contributed by atoms with Crippen LogP contribution in [0.5, 0.6) is 11.5 Å². The molecule has 1 saturated heterocycles. The van der Waals surface area contributed by atoms with Crippen LogP contribution in [0.2, 0.25) is 0 Å². The molecule has 1 fully saturated rings. The summed E-state index contributed by atoms with van der Waals surface area (Å²) in [5.74, 6) is 2.44. The number of benzene rings is 2. The Morgan fingerprint density at radius 2 is 1.76 bits per heavy atom.